The number of halogens is 1. The maximum atomic E-state index is 12.1. The molecule has 0 unspecified atom stereocenters. The third kappa shape index (κ3) is 1.91. The molecule has 0 saturated carbocycles. The highest BCUT2D eigenvalue weighted by molar-refractivity contribution is 5.99. The van der Waals surface area contributed by atoms with Gasteiger partial charge in [0.15, 0.2) is 0 Å². The van der Waals surface area contributed by atoms with Crippen molar-refractivity contribution in [3.05, 3.63) is 54.2 Å². The first-order valence-corrected chi connectivity index (χ1v) is 4.74. The summed E-state index contributed by atoms with van der Waals surface area (Å²) in [7, 11) is 0. The molecule has 1 heterocycles. The molecule has 0 aliphatic carbocycles. The van der Waals surface area contributed by atoms with Crippen LogP contribution in [0, 0.1) is 0 Å². The number of nitrogens with zero attached hydrogens (tertiary/aromatic N) is 1. The first kappa shape index (κ1) is 10.3. The predicted octanol–water partition coefficient (Wildman–Crippen LogP) is 2.36. The number of hydrogen-bond donors (Lipinski definition) is 1. The summed E-state index contributed by atoms with van der Waals surface area (Å²) in [5.41, 5.74) is 2.64. The van der Waals surface area contributed by atoms with Gasteiger partial charge in [-0.15, -0.1) is 0 Å². The first-order valence-electron chi connectivity index (χ1n) is 4.74. The zero-order chi connectivity index (χ0) is 11.4. The second-order valence-electron chi connectivity index (χ2n) is 3.18. The Labute approximate surface area is 91.9 Å². The van der Waals surface area contributed by atoms with Crippen LogP contribution in [0.3, 0.4) is 0 Å². The number of aromatic nitrogens is 1. The summed E-state index contributed by atoms with van der Waals surface area (Å²) in [5.74, 6) is -0.763. The van der Waals surface area contributed by atoms with E-state index in [0.29, 0.717) is 11.3 Å². The van der Waals surface area contributed by atoms with Gasteiger partial charge in [-0.1, -0.05) is 28.7 Å². The van der Waals surface area contributed by atoms with Crippen LogP contribution < -0.4 is 5.54 Å². The summed E-state index contributed by atoms with van der Waals surface area (Å²) in [6.45, 7) is 0. The minimum atomic E-state index is -0.763. The highest BCUT2D eigenvalue weighted by atomic mass is 19.2. The molecule has 4 heteroatoms. The Morgan fingerprint density at radius 1 is 1.12 bits per heavy atom. The average Bonchev–Trinajstić information content (AvgIpc) is 2.39. The average molecular weight is 216 g/mol. The van der Waals surface area contributed by atoms with Gasteiger partial charge >= 0.3 is 0 Å². The number of hydrogen-bond acceptors (Lipinski definition) is 2. The molecule has 16 heavy (non-hydrogen) atoms. The zero-order valence-electron chi connectivity index (χ0n) is 8.35. The number of carbonyl (C=O) groups excluding carboxylic acids is 1. The lowest BCUT2D eigenvalue weighted by Crippen LogP contribution is -2.14. The van der Waals surface area contributed by atoms with E-state index in [2.05, 4.69) is 4.98 Å². The molecular weight excluding hydrogens is 207 g/mol. The third-order valence-electron chi connectivity index (χ3n) is 2.20. The van der Waals surface area contributed by atoms with E-state index in [-0.39, 0.29) is 5.56 Å². The van der Waals surface area contributed by atoms with Gasteiger partial charge in [-0.2, -0.15) is 5.54 Å². The number of pyridine rings is 1. The molecule has 2 rings (SSSR count). The lowest BCUT2D eigenvalue weighted by atomic mass is 10.0. The fraction of sp³-hybridized carbons (Fsp3) is 0. The minimum Gasteiger partial charge on any atom is -0.267 e. The lowest BCUT2D eigenvalue weighted by Gasteiger charge is -2.05. The maximum Gasteiger partial charge on any atom is 0.279 e. The highest BCUT2D eigenvalue weighted by Crippen LogP contribution is 2.21. The molecule has 0 aliphatic rings. The van der Waals surface area contributed by atoms with Gasteiger partial charge in [0.1, 0.15) is 0 Å². The Bertz CT molecular complexity index is 499. The van der Waals surface area contributed by atoms with Gasteiger partial charge in [-0.25, -0.2) is 0 Å². The van der Waals surface area contributed by atoms with Crippen LogP contribution in [0.15, 0.2) is 48.7 Å². The van der Waals surface area contributed by atoms with E-state index in [4.69, 9.17) is 0 Å². The van der Waals surface area contributed by atoms with Crippen LogP contribution in [0.5, 0.6) is 0 Å². The second kappa shape index (κ2) is 4.53. The SMILES string of the molecule is O=C(NF)c1ccccc1-c1ccccn1. The van der Waals surface area contributed by atoms with E-state index in [0.717, 1.165) is 5.54 Å². The second-order valence-corrected chi connectivity index (χ2v) is 3.18. The number of benzene rings is 1. The van der Waals surface area contributed by atoms with Gasteiger partial charge in [-0.05, 0) is 18.2 Å². The minimum absolute atomic E-state index is 0.267. The summed E-state index contributed by atoms with van der Waals surface area (Å²) in [6, 6.07) is 12.1. The summed E-state index contributed by atoms with van der Waals surface area (Å²) in [4.78, 5) is 15.4. The summed E-state index contributed by atoms with van der Waals surface area (Å²) in [6.07, 6.45) is 1.62. The van der Waals surface area contributed by atoms with E-state index in [1.807, 2.05) is 6.07 Å². The van der Waals surface area contributed by atoms with Crippen LogP contribution in [-0.4, -0.2) is 10.9 Å². The molecule has 80 valence electrons. The molecular formula is C12H9FN2O. The highest BCUT2D eigenvalue weighted by Gasteiger charge is 2.11. The Kier molecular flexibility index (Phi) is 2.91. The van der Waals surface area contributed by atoms with Gasteiger partial charge in [0.2, 0.25) is 0 Å². The van der Waals surface area contributed by atoms with E-state index in [1.54, 1.807) is 42.6 Å². The van der Waals surface area contributed by atoms with Gasteiger partial charge < -0.3 is 0 Å². The van der Waals surface area contributed by atoms with Crippen LogP contribution >= 0.6 is 0 Å². The number of carbonyl (C=O) groups is 1. The van der Waals surface area contributed by atoms with E-state index >= 15 is 0 Å². The van der Waals surface area contributed by atoms with Crippen molar-refractivity contribution in [1.82, 2.24) is 10.5 Å². The van der Waals surface area contributed by atoms with Crippen molar-refractivity contribution in [2.75, 3.05) is 0 Å². The van der Waals surface area contributed by atoms with Crippen LogP contribution in [0.25, 0.3) is 11.3 Å². The molecule has 0 saturated heterocycles. The van der Waals surface area contributed by atoms with Crippen molar-refractivity contribution in [2.24, 2.45) is 0 Å². The molecule has 0 bridgehead atoms. The maximum absolute atomic E-state index is 12.1. The van der Waals surface area contributed by atoms with Gasteiger partial charge in [0, 0.05) is 11.8 Å². The van der Waals surface area contributed by atoms with Crippen molar-refractivity contribution in [3.63, 3.8) is 0 Å². The van der Waals surface area contributed by atoms with Crippen LogP contribution in [0.2, 0.25) is 0 Å². The molecule has 0 fully saturated rings. The summed E-state index contributed by atoms with van der Waals surface area (Å²) >= 11 is 0. The lowest BCUT2D eigenvalue weighted by molar-refractivity contribution is 0.0860. The topological polar surface area (TPSA) is 42.0 Å². The summed E-state index contributed by atoms with van der Waals surface area (Å²) < 4.78 is 12.1. The van der Waals surface area contributed by atoms with E-state index in [1.165, 1.54) is 0 Å². The molecule has 0 spiro atoms. The first-order chi connectivity index (χ1) is 7.83. The standard InChI is InChI=1S/C12H9FN2O/c13-15-12(16)10-6-2-1-5-9(10)11-7-3-4-8-14-11/h1-8H,(H,15,16). The Balaban J connectivity index is 2.53. The van der Waals surface area contributed by atoms with Crippen molar-refractivity contribution in [2.45, 2.75) is 0 Å². The van der Waals surface area contributed by atoms with Crippen molar-refractivity contribution < 1.29 is 9.28 Å². The zero-order valence-corrected chi connectivity index (χ0v) is 8.35. The number of rotatable bonds is 2. The molecule has 0 atom stereocenters. The van der Waals surface area contributed by atoms with Crippen molar-refractivity contribution >= 4 is 5.91 Å². The summed E-state index contributed by atoms with van der Waals surface area (Å²) in [5, 5.41) is 0. The Morgan fingerprint density at radius 2 is 1.88 bits per heavy atom. The van der Waals surface area contributed by atoms with Crippen LogP contribution in [0.1, 0.15) is 10.4 Å². The molecule has 3 nitrogen and oxygen atoms in total. The molecule has 1 aromatic carbocycles. The predicted molar refractivity (Wildman–Crippen MR) is 58.2 cm³/mol. The number of amides is 1. The van der Waals surface area contributed by atoms with Crippen molar-refractivity contribution in [3.8, 4) is 11.3 Å². The monoisotopic (exact) mass is 216 g/mol. The molecule has 1 N–H and O–H groups in total. The number of nitrogens with one attached hydrogen (secondary N) is 1. The normalized spacial score (nSPS) is 9.81. The molecule has 1 amide bonds. The van der Waals surface area contributed by atoms with E-state index < -0.39 is 5.91 Å². The quantitative estimate of drug-likeness (QED) is 0.783. The smallest absolute Gasteiger partial charge is 0.267 e. The van der Waals surface area contributed by atoms with Gasteiger partial charge in [0.05, 0.1) is 11.3 Å². The molecule has 0 aliphatic heterocycles. The molecule has 2 aromatic rings. The Morgan fingerprint density at radius 3 is 2.56 bits per heavy atom. The molecule has 0 radical (unpaired) electrons. The Hall–Kier alpha value is -2.23. The van der Waals surface area contributed by atoms with Gasteiger partial charge in [0.25, 0.3) is 5.91 Å². The fourth-order valence-corrected chi connectivity index (χ4v) is 1.48. The van der Waals surface area contributed by atoms with E-state index in [9.17, 15) is 9.28 Å². The largest absolute Gasteiger partial charge is 0.279 e. The molecule has 1 aromatic heterocycles. The van der Waals surface area contributed by atoms with Gasteiger partial charge in [-0.3, -0.25) is 9.78 Å². The third-order valence-corrected chi connectivity index (χ3v) is 2.20. The fourth-order valence-electron chi connectivity index (χ4n) is 1.48. The van der Waals surface area contributed by atoms with Crippen molar-refractivity contribution in [1.29, 1.82) is 0 Å². The van der Waals surface area contributed by atoms with Crippen LogP contribution in [-0.2, 0) is 0 Å². The van der Waals surface area contributed by atoms with Crippen LogP contribution in [0.4, 0.5) is 4.48 Å².